The Bertz CT molecular complexity index is 784. The molecule has 0 saturated carbocycles. The van der Waals surface area contributed by atoms with Crippen LogP contribution in [-0.2, 0) is 19.1 Å². The van der Waals surface area contributed by atoms with E-state index >= 15 is 0 Å². The number of imide groups is 1. The van der Waals surface area contributed by atoms with E-state index in [0.717, 1.165) is 4.90 Å². The third-order valence-corrected chi connectivity index (χ3v) is 4.43. The van der Waals surface area contributed by atoms with Gasteiger partial charge in [0.2, 0.25) is 0 Å². The molecule has 1 aromatic carbocycles. The fourth-order valence-corrected chi connectivity index (χ4v) is 2.65. The summed E-state index contributed by atoms with van der Waals surface area (Å²) in [7, 11) is 1.47. The Balaban J connectivity index is 1.85. The predicted octanol–water partition coefficient (Wildman–Crippen LogP) is 1.55. The number of nitrogens with one attached hydrogen (secondary N) is 2. The number of carbonyl (C=O) groups is 4. The molecule has 9 nitrogen and oxygen atoms in total. The number of hydrogen-bond acceptors (Lipinski definition) is 6. The highest BCUT2D eigenvalue weighted by Gasteiger charge is 2.47. The van der Waals surface area contributed by atoms with E-state index in [1.807, 2.05) is 0 Å². The van der Waals surface area contributed by atoms with Crippen LogP contribution in [0.2, 0.25) is 5.02 Å². The van der Waals surface area contributed by atoms with E-state index in [2.05, 4.69) is 10.6 Å². The van der Waals surface area contributed by atoms with Gasteiger partial charge < -0.3 is 20.1 Å². The van der Waals surface area contributed by atoms with E-state index in [1.165, 1.54) is 13.2 Å². The van der Waals surface area contributed by atoms with Gasteiger partial charge in [0, 0.05) is 5.69 Å². The minimum absolute atomic E-state index is 0.310. The summed E-state index contributed by atoms with van der Waals surface area (Å²) in [6, 6.07) is 3.97. The number of carbonyl (C=O) groups excluding carboxylic acids is 4. The van der Waals surface area contributed by atoms with E-state index in [4.69, 9.17) is 21.1 Å². The normalized spacial score (nSPS) is 18.9. The minimum Gasteiger partial charge on any atom is -0.495 e. The number of urea groups is 1. The molecule has 0 aromatic heterocycles. The van der Waals surface area contributed by atoms with Crippen LogP contribution in [0.4, 0.5) is 10.5 Å². The first-order valence-electron chi connectivity index (χ1n) is 8.13. The molecule has 0 radical (unpaired) electrons. The molecule has 0 aliphatic carbocycles. The Morgan fingerprint density at radius 3 is 2.59 bits per heavy atom. The lowest BCUT2D eigenvalue weighted by atomic mass is 9.99. The second-order valence-corrected chi connectivity index (χ2v) is 6.47. The van der Waals surface area contributed by atoms with E-state index in [1.54, 1.807) is 26.0 Å². The van der Waals surface area contributed by atoms with Crippen LogP contribution in [0, 0.1) is 0 Å². The van der Waals surface area contributed by atoms with Crippen molar-refractivity contribution in [1.29, 1.82) is 0 Å². The van der Waals surface area contributed by atoms with Gasteiger partial charge in [0.05, 0.1) is 12.1 Å². The predicted molar refractivity (Wildman–Crippen MR) is 96.5 cm³/mol. The number of nitrogens with zero attached hydrogens (tertiary/aromatic N) is 1. The lowest BCUT2D eigenvalue weighted by Gasteiger charge is -2.18. The monoisotopic (exact) mass is 397 g/mol. The first-order chi connectivity index (χ1) is 12.7. The van der Waals surface area contributed by atoms with Crippen molar-refractivity contribution < 1.29 is 28.7 Å². The van der Waals surface area contributed by atoms with Crippen LogP contribution in [0.1, 0.15) is 20.3 Å². The second kappa shape index (κ2) is 8.26. The summed E-state index contributed by atoms with van der Waals surface area (Å²) in [6.45, 7) is 2.18. The summed E-state index contributed by atoms with van der Waals surface area (Å²) in [5.41, 5.74) is -0.641. The van der Waals surface area contributed by atoms with Crippen molar-refractivity contribution in [3.05, 3.63) is 23.2 Å². The molecule has 4 amide bonds. The lowest BCUT2D eigenvalue weighted by molar-refractivity contribution is -0.150. The highest BCUT2D eigenvalue weighted by molar-refractivity contribution is 6.32. The SMILES string of the molecule is CC[C@]1(C)NC(=O)N(CC(=O)OCC(=O)Nc2ccc(OC)c(Cl)c2)C1=O. The molecule has 10 heteroatoms. The zero-order valence-electron chi connectivity index (χ0n) is 15.1. The zero-order valence-corrected chi connectivity index (χ0v) is 15.9. The fourth-order valence-electron chi connectivity index (χ4n) is 2.39. The van der Waals surface area contributed by atoms with Gasteiger partial charge in [0.25, 0.3) is 11.8 Å². The Morgan fingerprint density at radius 2 is 2.04 bits per heavy atom. The summed E-state index contributed by atoms with van der Waals surface area (Å²) in [4.78, 5) is 48.6. The maximum atomic E-state index is 12.2. The molecule has 1 aromatic rings. The maximum Gasteiger partial charge on any atom is 0.326 e. The van der Waals surface area contributed by atoms with Crippen molar-refractivity contribution in [3.63, 3.8) is 0 Å². The van der Waals surface area contributed by atoms with Gasteiger partial charge in [-0.2, -0.15) is 0 Å². The number of halogens is 1. The standard InChI is InChI=1S/C17H20ClN3O6/c1-4-17(2)15(24)21(16(25)20-17)8-14(23)27-9-13(22)19-10-5-6-12(26-3)11(18)7-10/h5-7H,4,8-9H2,1-3H3,(H,19,22)(H,20,25)/t17-/m0/s1. The van der Waals surface area contributed by atoms with Gasteiger partial charge in [0.15, 0.2) is 6.61 Å². The van der Waals surface area contributed by atoms with Crippen molar-refractivity contribution in [2.45, 2.75) is 25.8 Å². The first kappa shape index (κ1) is 20.5. The van der Waals surface area contributed by atoms with Crippen LogP contribution in [-0.4, -0.2) is 54.5 Å². The summed E-state index contributed by atoms with van der Waals surface area (Å²) < 4.78 is 9.84. The molecule has 1 aliphatic rings. The zero-order chi connectivity index (χ0) is 20.2. The van der Waals surface area contributed by atoms with Gasteiger partial charge in [-0.05, 0) is 31.5 Å². The molecule has 2 N–H and O–H groups in total. The molecule has 0 bridgehead atoms. The third-order valence-electron chi connectivity index (χ3n) is 4.14. The topological polar surface area (TPSA) is 114 Å². The lowest BCUT2D eigenvalue weighted by Crippen LogP contribution is -2.43. The van der Waals surface area contributed by atoms with E-state index in [0.29, 0.717) is 22.9 Å². The third kappa shape index (κ3) is 4.68. The molecule has 1 aliphatic heterocycles. The van der Waals surface area contributed by atoms with Gasteiger partial charge in [-0.1, -0.05) is 18.5 Å². The Kier molecular flexibility index (Phi) is 6.27. The highest BCUT2D eigenvalue weighted by Crippen LogP contribution is 2.27. The molecule has 1 fully saturated rings. The van der Waals surface area contributed by atoms with Crippen molar-refractivity contribution >= 4 is 41.1 Å². The van der Waals surface area contributed by atoms with Crippen LogP contribution >= 0.6 is 11.6 Å². The number of methoxy groups -OCH3 is 1. The summed E-state index contributed by atoms with van der Waals surface area (Å²) >= 11 is 5.96. The Morgan fingerprint density at radius 1 is 1.33 bits per heavy atom. The van der Waals surface area contributed by atoms with Crippen molar-refractivity contribution in [3.8, 4) is 5.75 Å². The van der Waals surface area contributed by atoms with Crippen LogP contribution < -0.4 is 15.4 Å². The summed E-state index contributed by atoms with van der Waals surface area (Å²) in [5, 5.41) is 5.34. The first-order valence-corrected chi connectivity index (χ1v) is 8.51. The number of ether oxygens (including phenoxy) is 2. The van der Waals surface area contributed by atoms with E-state index < -0.39 is 42.5 Å². The van der Waals surface area contributed by atoms with Gasteiger partial charge in [-0.25, -0.2) is 4.79 Å². The van der Waals surface area contributed by atoms with Gasteiger partial charge >= 0.3 is 12.0 Å². The van der Waals surface area contributed by atoms with E-state index in [9.17, 15) is 19.2 Å². The highest BCUT2D eigenvalue weighted by atomic mass is 35.5. The Labute approximate surface area is 160 Å². The van der Waals surface area contributed by atoms with Crippen LogP contribution in [0.25, 0.3) is 0 Å². The fraction of sp³-hybridized carbons (Fsp3) is 0.412. The molecule has 2 rings (SSSR count). The minimum atomic E-state index is -1.04. The molecule has 1 saturated heterocycles. The Hall–Kier alpha value is -2.81. The van der Waals surface area contributed by atoms with Crippen LogP contribution in [0.3, 0.4) is 0 Å². The van der Waals surface area contributed by atoms with Crippen molar-refractivity contribution in [2.75, 3.05) is 25.6 Å². The van der Waals surface area contributed by atoms with Gasteiger partial charge in [-0.3, -0.25) is 19.3 Å². The number of rotatable bonds is 7. The summed E-state index contributed by atoms with van der Waals surface area (Å²) in [5.74, 6) is -1.53. The average Bonchev–Trinajstić information content (AvgIpc) is 2.84. The molecule has 27 heavy (non-hydrogen) atoms. The average molecular weight is 398 g/mol. The number of esters is 1. The molecule has 1 heterocycles. The van der Waals surface area contributed by atoms with Crippen molar-refractivity contribution in [1.82, 2.24) is 10.2 Å². The number of anilines is 1. The quantitative estimate of drug-likeness (QED) is 0.533. The number of benzene rings is 1. The maximum absolute atomic E-state index is 12.2. The van der Waals surface area contributed by atoms with Crippen LogP contribution in [0.15, 0.2) is 18.2 Å². The number of hydrogen-bond donors (Lipinski definition) is 2. The molecule has 1 atom stereocenters. The van der Waals surface area contributed by atoms with E-state index in [-0.39, 0.29) is 0 Å². The molecule has 0 spiro atoms. The molecule has 0 unspecified atom stereocenters. The largest absolute Gasteiger partial charge is 0.495 e. The van der Waals surface area contributed by atoms with Crippen LogP contribution in [0.5, 0.6) is 5.75 Å². The molecular weight excluding hydrogens is 378 g/mol. The van der Waals surface area contributed by atoms with Gasteiger partial charge in [-0.15, -0.1) is 0 Å². The second-order valence-electron chi connectivity index (χ2n) is 6.07. The van der Waals surface area contributed by atoms with Crippen molar-refractivity contribution in [2.24, 2.45) is 0 Å². The molecule has 146 valence electrons. The molecular formula is C17H20ClN3O6. The van der Waals surface area contributed by atoms with Gasteiger partial charge in [0.1, 0.15) is 17.8 Å². The smallest absolute Gasteiger partial charge is 0.326 e. The number of amides is 4. The summed E-state index contributed by atoms with van der Waals surface area (Å²) in [6.07, 6.45) is 0.385.